The average molecular weight is 306 g/mol. The van der Waals surface area contributed by atoms with Crippen LogP contribution in [0, 0.1) is 6.92 Å². The molecule has 1 fully saturated rings. The van der Waals surface area contributed by atoms with Crippen molar-refractivity contribution in [2.24, 2.45) is 5.14 Å². The molecule has 19 heavy (non-hydrogen) atoms. The maximum absolute atomic E-state index is 11.2. The Morgan fingerprint density at radius 3 is 2.58 bits per heavy atom. The van der Waals surface area contributed by atoms with Gasteiger partial charge in [0.05, 0.1) is 0 Å². The summed E-state index contributed by atoms with van der Waals surface area (Å²) < 4.78 is 23.7. The third-order valence-electron chi connectivity index (χ3n) is 2.97. The van der Waals surface area contributed by atoms with Crippen LogP contribution in [0.5, 0.6) is 0 Å². The van der Waals surface area contributed by atoms with E-state index in [-0.39, 0.29) is 6.04 Å². The van der Waals surface area contributed by atoms with Gasteiger partial charge in [0.15, 0.2) is 0 Å². The fourth-order valence-electron chi connectivity index (χ4n) is 2.07. The predicted octanol–water partition coefficient (Wildman–Crippen LogP) is 0.518. The topological polar surface area (TPSA) is 101 Å². The Hall–Kier alpha value is -0.960. The average Bonchev–Trinajstić information content (AvgIpc) is 2.26. The van der Waals surface area contributed by atoms with E-state index in [1.54, 1.807) is 13.0 Å². The summed E-state index contributed by atoms with van der Waals surface area (Å²) in [7, 11) is -3.58. The molecule has 2 heterocycles. The lowest BCUT2D eigenvalue weighted by molar-refractivity contribution is 0.330. The molecule has 2 rings (SSSR count). The summed E-state index contributed by atoms with van der Waals surface area (Å²) in [6.45, 7) is 2.59. The lowest BCUT2D eigenvalue weighted by atomic mass is 10.1. The first-order valence-electron chi connectivity index (χ1n) is 5.90. The van der Waals surface area contributed by atoms with Crippen molar-refractivity contribution in [3.63, 3.8) is 0 Å². The second kappa shape index (κ2) is 5.58. The zero-order valence-corrected chi connectivity index (χ0v) is 12.1. The molecule has 0 bridgehead atoms. The standard InChI is InChI=1S/C10H16ClN5O2S/c1-7-13-9(11)6-10(14-7)15-8-2-4-16(5-3-8)19(12,17)18/h6,8H,2-5H2,1H3,(H2,12,17,18)(H,13,14,15). The molecular formula is C10H16ClN5O2S. The highest BCUT2D eigenvalue weighted by Crippen LogP contribution is 2.18. The van der Waals surface area contributed by atoms with Gasteiger partial charge in [-0.2, -0.15) is 12.7 Å². The van der Waals surface area contributed by atoms with Crippen LogP contribution in [0.15, 0.2) is 6.07 Å². The highest BCUT2D eigenvalue weighted by atomic mass is 35.5. The number of halogens is 1. The number of hydrogen-bond acceptors (Lipinski definition) is 5. The van der Waals surface area contributed by atoms with E-state index in [0.717, 1.165) is 0 Å². The van der Waals surface area contributed by atoms with E-state index in [0.29, 0.717) is 42.7 Å². The van der Waals surface area contributed by atoms with Crippen LogP contribution in [-0.4, -0.2) is 41.8 Å². The molecular weight excluding hydrogens is 290 g/mol. The fourth-order valence-corrected chi connectivity index (χ4v) is 3.01. The van der Waals surface area contributed by atoms with Gasteiger partial charge in [0.2, 0.25) is 0 Å². The number of piperidine rings is 1. The van der Waals surface area contributed by atoms with Gasteiger partial charge in [-0.05, 0) is 19.8 Å². The SMILES string of the molecule is Cc1nc(Cl)cc(NC2CCN(S(N)(=O)=O)CC2)n1. The van der Waals surface area contributed by atoms with Crippen LogP contribution in [0.25, 0.3) is 0 Å². The number of aryl methyl sites for hydroxylation is 1. The van der Waals surface area contributed by atoms with E-state index in [9.17, 15) is 8.42 Å². The Morgan fingerprint density at radius 2 is 2.05 bits per heavy atom. The van der Waals surface area contributed by atoms with Crippen LogP contribution in [0.2, 0.25) is 5.15 Å². The molecule has 0 aromatic carbocycles. The van der Waals surface area contributed by atoms with Crippen molar-refractivity contribution >= 4 is 27.6 Å². The Kier molecular flexibility index (Phi) is 4.24. The summed E-state index contributed by atoms with van der Waals surface area (Å²) in [6.07, 6.45) is 1.36. The van der Waals surface area contributed by atoms with Crippen molar-refractivity contribution < 1.29 is 8.42 Å². The van der Waals surface area contributed by atoms with Crippen LogP contribution in [-0.2, 0) is 10.2 Å². The van der Waals surface area contributed by atoms with Gasteiger partial charge in [-0.1, -0.05) is 11.6 Å². The lowest BCUT2D eigenvalue weighted by Crippen LogP contribution is -2.45. The second-order valence-corrected chi connectivity index (χ2v) is 6.42. The molecule has 1 saturated heterocycles. The highest BCUT2D eigenvalue weighted by molar-refractivity contribution is 7.86. The van der Waals surface area contributed by atoms with E-state index in [1.807, 2.05) is 0 Å². The van der Waals surface area contributed by atoms with Gasteiger partial charge in [-0.3, -0.25) is 0 Å². The molecule has 9 heteroatoms. The molecule has 0 amide bonds. The van der Waals surface area contributed by atoms with Gasteiger partial charge in [0.25, 0.3) is 10.2 Å². The number of rotatable bonds is 3. The first-order chi connectivity index (χ1) is 8.84. The van der Waals surface area contributed by atoms with Crippen molar-refractivity contribution in [1.29, 1.82) is 0 Å². The largest absolute Gasteiger partial charge is 0.367 e. The number of nitrogens with one attached hydrogen (secondary N) is 1. The minimum Gasteiger partial charge on any atom is -0.367 e. The maximum atomic E-state index is 11.2. The summed E-state index contributed by atoms with van der Waals surface area (Å²) in [6, 6.07) is 1.81. The van der Waals surface area contributed by atoms with Gasteiger partial charge in [0.1, 0.15) is 16.8 Å². The quantitative estimate of drug-likeness (QED) is 0.793. The molecule has 0 saturated carbocycles. The minimum atomic E-state index is -3.58. The van der Waals surface area contributed by atoms with Crippen molar-refractivity contribution in [3.8, 4) is 0 Å². The Balaban J connectivity index is 1.96. The number of hydrogen-bond donors (Lipinski definition) is 2. The van der Waals surface area contributed by atoms with Crippen LogP contribution < -0.4 is 10.5 Å². The predicted molar refractivity (Wildman–Crippen MR) is 73.1 cm³/mol. The number of anilines is 1. The summed E-state index contributed by atoms with van der Waals surface area (Å²) in [4.78, 5) is 8.21. The molecule has 1 aromatic heterocycles. The van der Waals surface area contributed by atoms with Crippen molar-refractivity contribution in [3.05, 3.63) is 17.0 Å². The molecule has 3 N–H and O–H groups in total. The van der Waals surface area contributed by atoms with E-state index in [2.05, 4.69) is 15.3 Å². The molecule has 7 nitrogen and oxygen atoms in total. The highest BCUT2D eigenvalue weighted by Gasteiger charge is 2.25. The first kappa shape index (κ1) is 14.4. The molecule has 0 unspecified atom stereocenters. The second-order valence-electron chi connectivity index (χ2n) is 4.49. The minimum absolute atomic E-state index is 0.156. The Morgan fingerprint density at radius 1 is 1.42 bits per heavy atom. The maximum Gasteiger partial charge on any atom is 0.276 e. The van der Waals surface area contributed by atoms with Gasteiger partial charge >= 0.3 is 0 Å². The van der Waals surface area contributed by atoms with Gasteiger partial charge in [-0.25, -0.2) is 15.1 Å². The molecule has 1 aliphatic rings. The van der Waals surface area contributed by atoms with E-state index < -0.39 is 10.2 Å². The fraction of sp³-hybridized carbons (Fsp3) is 0.600. The van der Waals surface area contributed by atoms with E-state index in [4.69, 9.17) is 16.7 Å². The van der Waals surface area contributed by atoms with Crippen LogP contribution in [0.1, 0.15) is 18.7 Å². The zero-order chi connectivity index (χ0) is 14.0. The molecule has 0 atom stereocenters. The van der Waals surface area contributed by atoms with E-state index >= 15 is 0 Å². The van der Waals surface area contributed by atoms with Gasteiger partial charge in [0, 0.05) is 25.2 Å². The number of nitrogens with zero attached hydrogens (tertiary/aromatic N) is 3. The molecule has 0 radical (unpaired) electrons. The lowest BCUT2D eigenvalue weighted by Gasteiger charge is -2.30. The monoisotopic (exact) mass is 305 g/mol. The number of aromatic nitrogens is 2. The third-order valence-corrected chi connectivity index (χ3v) is 4.25. The number of nitrogens with two attached hydrogens (primary N) is 1. The van der Waals surface area contributed by atoms with Crippen LogP contribution >= 0.6 is 11.6 Å². The molecule has 1 aromatic rings. The normalized spacial score (nSPS) is 18.5. The smallest absolute Gasteiger partial charge is 0.276 e. The van der Waals surface area contributed by atoms with Gasteiger partial charge < -0.3 is 5.32 Å². The van der Waals surface area contributed by atoms with Crippen LogP contribution in [0.4, 0.5) is 5.82 Å². The zero-order valence-electron chi connectivity index (χ0n) is 10.5. The molecule has 1 aliphatic heterocycles. The molecule has 0 spiro atoms. The molecule has 0 aliphatic carbocycles. The van der Waals surface area contributed by atoms with E-state index in [1.165, 1.54) is 4.31 Å². The first-order valence-corrected chi connectivity index (χ1v) is 7.78. The molecule has 106 valence electrons. The van der Waals surface area contributed by atoms with Gasteiger partial charge in [-0.15, -0.1) is 0 Å². The summed E-state index contributed by atoms with van der Waals surface area (Å²) in [5, 5.41) is 8.71. The third kappa shape index (κ3) is 4.00. The summed E-state index contributed by atoms with van der Waals surface area (Å²) in [5.74, 6) is 1.25. The van der Waals surface area contributed by atoms with Crippen molar-refractivity contribution in [1.82, 2.24) is 14.3 Å². The Labute approximate surface area is 117 Å². The summed E-state index contributed by atoms with van der Waals surface area (Å²) in [5.41, 5.74) is 0. The summed E-state index contributed by atoms with van der Waals surface area (Å²) >= 11 is 5.86. The van der Waals surface area contributed by atoms with Crippen molar-refractivity contribution in [2.75, 3.05) is 18.4 Å². The Bertz CT molecular complexity index is 537. The van der Waals surface area contributed by atoms with Crippen molar-refractivity contribution in [2.45, 2.75) is 25.8 Å². The van der Waals surface area contributed by atoms with Crippen LogP contribution in [0.3, 0.4) is 0 Å².